The first-order chi connectivity index (χ1) is 9.60. The van der Waals surface area contributed by atoms with E-state index in [0.29, 0.717) is 12.8 Å². The molecule has 0 saturated heterocycles. The highest BCUT2D eigenvalue weighted by Gasteiger charge is 2.38. The Hall–Kier alpha value is -1.68. The molecule has 2 rings (SSSR count). The zero-order chi connectivity index (χ0) is 14.6. The summed E-state index contributed by atoms with van der Waals surface area (Å²) in [6.45, 7) is 3.92. The summed E-state index contributed by atoms with van der Waals surface area (Å²) in [5.74, 6) is -0.742. The predicted octanol–water partition coefficient (Wildman–Crippen LogP) is 3.82. The van der Waals surface area contributed by atoms with Crippen molar-refractivity contribution in [2.45, 2.75) is 38.5 Å². The molecule has 1 heterocycles. The lowest BCUT2D eigenvalue weighted by Gasteiger charge is -2.28. The van der Waals surface area contributed by atoms with Gasteiger partial charge < -0.3 is 5.11 Å². The smallest absolute Gasteiger partial charge is 0.314 e. The summed E-state index contributed by atoms with van der Waals surface area (Å²) >= 11 is 1.60. The number of carboxylic acids is 1. The topological polar surface area (TPSA) is 50.2 Å². The molecule has 0 amide bonds. The molecule has 1 N–H and O–H groups in total. The SMILES string of the molecule is CCC(CCc1scnc1C)(C(=O)O)c1ccccc1. The Labute approximate surface area is 123 Å². The van der Waals surface area contributed by atoms with Gasteiger partial charge in [-0.25, -0.2) is 4.98 Å². The third kappa shape index (κ3) is 2.75. The van der Waals surface area contributed by atoms with Gasteiger partial charge in [0.05, 0.1) is 16.6 Å². The van der Waals surface area contributed by atoms with Gasteiger partial charge in [-0.2, -0.15) is 0 Å². The number of hydrogen-bond acceptors (Lipinski definition) is 3. The molecule has 0 aliphatic heterocycles. The van der Waals surface area contributed by atoms with Crippen LogP contribution in [0, 0.1) is 6.92 Å². The van der Waals surface area contributed by atoms with Crippen molar-refractivity contribution in [3.63, 3.8) is 0 Å². The average molecular weight is 289 g/mol. The van der Waals surface area contributed by atoms with Gasteiger partial charge in [0, 0.05) is 4.88 Å². The fourth-order valence-electron chi connectivity index (χ4n) is 2.56. The third-order valence-electron chi connectivity index (χ3n) is 3.96. The van der Waals surface area contributed by atoms with E-state index in [1.54, 1.807) is 11.3 Å². The van der Waals surface area contributed by atoms with Gasteiger partial charge >= 0.3 is 5.97 Å². The number of thiazole rings is 1. The molecule has 0 aliphatic rings. The number of aromatic nitrogens is 1. The highest BCUT2D eigenvalue weighted by molar-refractivity contribution is 7.09. The van der Waals surface area contributed by atoms with Crippen molar-refractivity contribution in [2.24, 2.45) is 0 Å². The van der Waals surface area contributed by atoms with Crippen LogP contribution in [0.5, 0.6) is 0 Å². The summed E-state index contributed by atoms with van der Waals surface area (Å²) in [6, 6.07) is 9.55. The molecule has 0 bridgehead atoms. The molecule has 3 nitrogen and oxygen atoms in total. The van der Waals surface area contributed by atoms with E-state index in [4.69, 9.17) is 0 Å². The molecular formula is C16H19NO2S. The van der Waals surface area contributed by atoms with E-state index in [1.807, 2.05) is 49.7 Å². The molecule has 0 spiro atoms. The van der Waals surface area contributed by atoms with E-state index in [2.05, 4.69) is 4.98 Å². The van der Waals surface area contributed by atoms with Crippen LogP contribution in [0.3, 0.4) is 0 Å². The molecule has 0 fully saturated rings. The predicted molar refractivity (Wildman–Crippen MR) is 81.2 cm³/mol. The molecule has 2 aromatic rings. The van der Waals surface area contributed by atoms with Gasteiger partial charge in [0.2, 0.25) is 0 Å². The average Bonchev–Trinajstić information content (AvgIpc) is 2.86. The number of nitrogens with zero attached hydrogens (tertiary/aromatic N) is 1. The van der Waals surface area contributed by atoms with Crippen molar-refractivity contribution in [1.29, 1.82) is 0 Å². The minimum atomic E-state index is -0.808. The molecule has 0 aliphatic carbocycles. The van der Waals surface area contributed by atoms with Crippen molar-refractivity contribution in [3.05, 3.63) is 52.0 Å². The number of carbonyl (C=O) groups is 1. The Bertz CT molecular complexity index is 579. The molecule has 1 aromatic heterocycles. The first-order valence-corrected chi connectivity index (χ1v) is 7.66. The molecule has 4 heteroatoms. The molecule has 1 aromatic carbocycles. The Morgan fingerprint density at radius 3 is 2.55 bits per heavy atom. The van der Waals surface area contributed by atoms with Gasteiger partial charge in [0.25, 0.3) is 0 Å². The number of benzene rings is 1. The zero-order valence-corrected chi connectivity index (χ0v) is 12.6. The van der Waals surface area contributed by atoms with Crippen LogP contribution in [-0.2, 0) is 16.6 Å². The summed E-state index contributed by atoms with van der Waals surface area (Å²) in [5, 5.41) is 9.76. The van der Waals surface area contributed by atoms with E-state index >= 15 is 0 Å². The minimum absolute atomic E-state index is 0.587. The summed E-state index contributed by atoms with van der Waals surface area (Å²) in [6.07, 6.45) is 1.95. The molecule has 20 heavy (non-hydrogen) atoms. The lowest BCUT2D eigenvalue weighted by molar-refractivity contribution is -0.144. The van der Waals surface area contributed by atoms with Crippen LogP contribution in [0.1, 0.15) is 35.9 Å². The minimum Gasteiger partial charge on any atom is -0.481 e. The Morgan fingerprint density at radius 1 is 1.35 bits per heavy atom. The van der Waals surface area contributed by atoms with Crippen LogP contribution in [0.4, 0.5) is 0 Å². The quantitative estimate of drug-likeness (QED) is 0.879. The van der Waals surface area contributed by atoms with E-state index in [1.165, 1.54) is 4.88 Å². The second-order valence-corrected chi connectivity index (χ2v) is 5.91. The maximum absolute atomic E-state index is 11.9. The molecule has 0 saturated carbocycles. The maximum atomic E-state index is 11.9. The number of aryl methyl sites for hydroxylation is 2. The largest absolute Gasteiger partial charge is 0.481 e. The standard InChI is InChI=1S/C16H19NO2S/c1-3-16(15(18)19,13-7-5-4-6-8-13)10-9-14-12(2)17-11-20-14/h4-8,11H,3,9-10H2,1-2H3,(H,18,19). The first-order valence-electron chi connectivity index (χ1n) is 6.78. The summed E-state index contributed by atoms with van der Waals surface area (Å²) in [7, 11) is 0. The number of aliphatic carboxylic acids is 1. The van der Waals surface area contributed by atoms with Crippen molar-refractivity contribution in [3.8, 4) is 0 Å². The van der Waals surface area contributed by atoms with Gasteiger partial charge in [0.15, 0.2) is 0 Å². The van der Waals surface area contributed by atoms with E-state index in [0.717, 1.165) is 17.7 Å². The highest BCUT2D eigenvalue weighted by atomic mass is 32.1. The second kappa shape index (κ2) is 6.18. The van der Waals surface area contributed by atoms with Gasteiger partial charge in [-0.15, -0.1) is 11.3 Å². The van der Waals surface area contributed by atoms with Crippen LogP contribution in [-0.4, -0.2) is 16.1 Å². The molecule has 0 radical (unpaired) electrons. The first kappa shape index (κ1) is 14.7. The third-order valence-corrected chi connectivity index (χ3v) is 4.96. The zero-order valence-electron chi connectivity index (χ0n) is 11.8. The Balaban J connectivity index is 2.29. The normalized spacial score (nSPS) is 13.9. The summed E-state index contributed by atoms with van der Waals surface area (Å²) < 4.78 is 0. The fourth-order valence-corrected chi connectivity index (χ4v) is 3.34. The molecular weight excluding hydrogens is 270 g/mol. The monoisotopic (exact) mass is 289 g/mol. The van der Waals surface area contributed by atoms with E-state index in [9.17, 15) is 9.90 Å². The number of rotatable bonds is 6. The van der Waals surface area contributed by atoms with Crippen molar-refractivity contribution in [1.82, 2.24) is 4.98 Å². The second-order valence-electron chi connectivity index (χ2n) is 4.97. The molecule has 1 unspecified atom stereocenters. The van der Waals surface area contributed by atoms with Crippen LogP contribution in [0.2, 0.25) is 0 Å². The fraction of sp³-hybridized carbons (Fsp3) is 0.375. The molecule has 1 atom stereocenters. The van der Waals surface area contributed by atoms with Crippen molar-refractivity contribution < 1.29 is 9.90 Å². The summed E-state index contributed by atoms with van der Waals surface area (Å²) in [5.41, 5.74) is 2.91. The van der Waals surface area contributed by atoms with E-state index in [-0.39, 0.29) is 0 Å². The maximum Gasteiger partial charge on any atom is 0.314 e. The van der Waals surface area contributed by atoms with Crippen LogP contribution >= 0.6 is 11.3 Å². The summed E-state index contributed by atoms with van der Waals surface area (Å²) in [4.78, 5) is 17.3. The Morgan fingerprint density at radius 2 is 2.05 bits per heavy atom. The Kier molecular flexibility index (Phi) is 4.55. The van der Waals surface area contributed by atoms with Crippen LogP contribution in [0.15, 0.2) is 35.8 Å². The van der Waals surface area contributed by atoms with Crippen molar-refractivity contribution >= 4 is 17.3 Å². The van der Waals surface area contributed by atoms with Gasteiger partial charge in [-0.1, -0.05) is 37.3 Å². The van der Waals surface area contributed by atoms with Gasteiger partial charge in [-0.05, 0) is 31.7 Å². The van der Waals surface area contributed by atoms with Gasteiger partial charge in [-0.3, -0.25) is 4.79 Å². The number of carboxylic acid groups (broad SMARTS) is 1. The van der Waals surface area contributed by atoms with Crippen LogP contribution < -0.4 is 0 Å². The van der Waals surface area contributed by atoms with E-state index < -0.39 is 11.4 Å². The van der Waals surface area contributed by atoms with Crippen molar-refractivity contribution in [2.75, 3.05) is 0 Å². The lowest BCUT2D eigenvalue weighted by Crippen LogP contribution is -2.35. The highest BCUT2D eigenvalue weighted by Crippen LogP contribution is 2.34. The van der Waals surface area contributed by atoms with Gasteiger partial charge in [0.1, 0.15) is 0 Å². The lowest BCUT2D eigenvalue weighted by atomic mass is 9.74. The number of hydrogen-bond donors (Lipinski definition) is 1. The van der Waals surface area contributed by atoms with Crippen LogP contribution in [0.25, 0.3) is 0 Å². The molecule has 106 valence electrons.